The Bertz CT molecular complexity index is 1680. The van der Waals surface area contributed by atoms with Gasteiger partial charge in [-0.1, -0.05) is 31.0 Å². The first kappa shape index (κ1) is 35.9. The number of benzene rings is 2. The lowest BCUT2D eigenvalue weighted by molar-refractivity contribution is -0.0722. The van der Waals surface area contributed by atoms with Gasteiger partial charge in [-0.25, -0.2) is 25.9 Å². The summed E-state index contributed by atoms with van der Waals surface area (Å²) in [5, 5.41) is 12.0. The molecule has 2 aromatic rings. The number of sulfonamides is 2. The molecule has 47 heavy (non-hydrogen) atoms. The number of hydrogen-bond donors (Lipinski definition) is 2. The van der Waals surface area contributed by atoms with E-state index in [1.807, 2.05) is 18.2 Å². The summed E-state index contributed by atoms with van der Waals surface area (Å²) in [6, 6.07) is 10.8. The first-order valence-electron chi connectivity index (χ1n) is 16.6. The van der Waals surface area contributed by atoms with Crippen molar-refractivity contribution in [3.63, 3.8) is 0 Å². The van der Waals surface area contributed by atoms with Gasteiger partial charge in [0.15, 0.2) is 0 Å². The molecule has 1 fully saturated rings. The molecule has 3 aliphatic rings. The number of ether oxygens (including phenoxy) is 1. The normalized spacial score (nSPS) is 28.9. The van der Waals surface area contributed by atoms with Gasteiger partial charge in [0, 0.05) is 37.8 Å². The van der Waals surface area contributed by atoms with Gasteiger partial charge in [-0.05, 0) is 111 Å². The van der Waals surface area contributed by atoms with Crippen LogP contribution in [0.5, 0.6) is 5.75 Å². The molecule has 260 valence electrons. The number of aliphatic hydroxyl groups is 1. The molecule has 2 aliphatic heterocycles. The number of nitrogens with zero attached hydrogens (tertiary/aromatic N) is 2. The minimum atomic E-state index is -4.03. The van der Waals surface area contributed by atoms with Gasteiger partial charge in [0.05, 0.1) is 22.3 Å². The first-order chi connectivity index (χ1) is 22.1. The largest absolute Gasteiger partial charge is 0.487 e. The van der Waals surface area contributed by atoms with Gasteiger partial charge in [-0.15, -0.1) is 0 Å². The third-order valence-corrected chi connectivity index (χ3v) is 14.7. The molecular weight excluding hydrogens is 662 g/mol. The van der Waals surface area contributed by atoms with Gasteiger partial charge in [-0.2, -0.15) is 0 Å². The molecular formula is C34H48ClN3O7S2. The van der Waals surface area contributed by atoms with Crippen LogP contribution in [0.25, 0.3) is 0 Å². The number of fused-ring (bicyclic) bond motifs is 3. The third-order valence-electron chi connectivity index (χ3n) is 10.6. The third kappa shape index (κ3) is 8.09. The maximum absolute atomic E-state index is 13.4. The van der Waals surface area contributed by atoms with Crippen LogP contribution in [0.4, 0.5) is 5.69 Å². The number of nitrogens with one attached hydrogen (secondary N) is 1. The maximum atomic E-state index is 13.4. The molecule has 0 aromatic heterocycles. The van der Waals surface area contributed by atoms with Gasteiger partial charge in [0.2, 0.25) is 20.0 Å². The molecule has 1 amide bonds. The van der Waals surface area contributed by atoms with E-state index in [2.05, 4.69) is 9.62 Å². The van der Waals surface area contributed by atoms with Crippen LogP contribution in [0, 0.1) is 17.8 Å². The van der Waals surface area contributed by atoms with Crippen LogP contribution in [-0.4, -0.2) is 75.9 Å². The van der Waals surface area contributed by atoms with E-state index in [9.17, 15) is 26.7 Å². The highest BCUT2D eigenvalue weighted by atomic mass is 35.5. The Kier molecular flexibility index (Phi) is 10.9. The second-order valence-electron chi connectivity index (χ2n) is 13.9. The number of carbonyl (C=O) groups excluding carboxylic acids is 1. The average Bonchev–Trinajstić information content (AvgIpc) is 3.00. The highest BCUT2D eigenvalue weighted by molar-refractivity contribution is 7.90. The summed E-state index contributed by atoms with van der Waals surface area (Å²) in [4.78, 5) is 15.6. The quantitative estimate of drug-likeness (QED) is 0.456. The fraction of sp³-hybridized carbons (Fsp3) is 0.618. The van der Waals surface area contributed by atoms with Gasteiger partial charge >= 0.3 is 0 Å². The van der Waals surface area contributed by atoms with Crippen molar-refractivity contribution in [3.05, 3.63) is 58.1 Å². The van der Waals surface area contributed by atoms with Crippen LogP contribution >= 0.6 is 11.6 Å². The van der Waals surface area contributed by atoms with E-state index in [0.717, 1.165) is 41.1 Å². The van der Waals surface area contributed by atoms with Crippen molar-refractivity contribution in [2.24, 2.45) is 17.8 Å². The molecule has 1 aliphatic carbocycles. The highest BCUT2D eigenvalue weighted by Gasteiger charge is 2.49. The smallest absolute Gasteiger partial charge is 0.264 e. The van der Waals surface area contributed by atoms with Gasteiger partial charge < -0.3 is 14.7 Å². The Hall–Kier alpha value is -2.38. The van der Waals surface area contributed by atoms with Crippen LogP contribution < -0.4 is 14.4 Å². The summed E-state index contributed by atoms with van der Waals surface area (Å²) in [5.41, 5.74) is 1.53. The van der Waals surface area contributed by atoms with Gasteiger partial charge in [-0.3, -0.25) is 4.79 Å². The fourth-order valence-corrected chi connectivity index (χ4v) is 9.97. The molecule has 0 radical (unpaired) electrons. The summed E-state index contributed by atoms with van der Waals surface area (Å²) in [6.45, 7) is 4.82. The number of aryl methyl sites for hydroxylation is 1. The molecule has 5 atom stereocenters. The van der Waals surface area contributed by atoms with E-state index < -0.39 is 42.6 Å². The van der Waals surface area contributed by atoms with Crippen LogP contribution in [0.1, 0.15) is 80.3 Å². The number of anilines is 1. The predicted octanol–water partition coefficient (Wildman–Crippen LogP) is 4.98. The van der Waals surface area contributed by atoms with E-state index in [1.54, 1.807) is 32.0 Å². The average molecular weight is 710 g/mol. The Morgan fingerprint density at radius 3 is 2.53 bits per heavy atom. The summed E-state index contributed by atoms with van der Waals surface area (Å²) in [5.74, 6) is -1.13. The zero-order chi connectivity index (χ0) is 34.1. The first-order valence-corrected chi connectivity index (χ1v) is 20.1. The van der Waals surface area contributed by atoms with E-state index >= 15 is 0 Å². The van der Waals surface area contributed by atoms with Crippen molar-refractivity contribution in [3.8, 4) is 5.75 Å². The van der Waals surface area contributed by atoms with Crippen molar-refractivity contribution >= 4 is 43.2 Å². The number of halogens is 1. The molecule has 2 aromatic carbocycles. The van der Waals surface area contributed by atoms with Crippen molar-refractivity contribution in [2.45, 2.75) is 82.7 Å². The highest BCUT2D eigenvalue weighted by Crippen LogP contribution is 2.47. The number of rotatable bonds is 3. The predicted molar refractivity (Wildman–Crippen MR) is 185 cm³/mol. The van der Waals surface area contributed by atoms with E-state index in [4.69, 9.17) is 16.3 Å². The standard InChI is InChI=1S/C34H48ClN3O7S2/c1-23-8-7-16-34(40,22-46(41,42)37(3)4)30-14-11-27(30)20-38-17-6-5-9-25-18-29(35)13-10-28(25)21-45-32-15-12-26(19-31(32)38)33(39)36-47(43,44)24(23)2/h10,12-13,15,18-19,23-24,27,30,40H,5-9,11,14,16-17,20-22H2,1-4H3,(H,36,39)/t23-,24+,27-,30+,34+/m0/s1. The SMILES string of the molecule is C[C@@H]1[C@@H](C)CCC[C@@](O)(CS(=O)(=O)N(C)C)[C@@H]2CC[C@H]2CN2CCCCc3cc(Cl)ccc3COc3ccc(cc32)C(=O)NS1(=O)=O. The van der Waals surface area contributed by atoms with E-state index in [0.29, 0.717) is 48.8 Å². The van der Waals surface area contributed by atoms with E-state index in [1.165, 1.54) is 14.1 Å². The molecule has 1 saturated carbocycles. The summed E-state index contributed by atoms with van der Waals surface area (Å²) in [6.07, 6.45) is 5.18. The van der Waals surface area contributed by atoms with Crippen molar-refractivity contribution in [2.75, 3.05) is 37.8 Å². The molecule has 0 unspecified atom stereocenters. The molecule has 5 rings (SSSR count). The lowest BCUT2D eigenvalue weighted by Crippen LogP contribution is -2.55. The van der Waals surface area contributed by atoms with Crippen LogP contribution in [0.2, 0.25) is 5.02 Å². The van der Waals surface area contributed by atoms with Crippen molar-refractivity contribution in [1.82, 2.24) is 9.03 Å². The van der Waals surface area contributed by atoms with Crippen LogP contribution in [0.3, 0.4) is 0 Å². The molecule has 2 heterocycles. The minimum Gasteiger partial charge on any atom is -0.487 e. The zero-order valence-electron chi connectivity index (χ0n) is 27.7. The lowest BCUT2D eigenvalue weighted by Gasteiger charge is -2.49. The second-order valence-corrected chi connectivity index (χ2v) is 18.6. The summed E-state index contributed by atoms with van der Waals surface area (Å²) in [7, 11) is -4.81. The van der Waals surface area contributed by atoms with Crippen molar-refractivity contribution < 1.29 is 31.5 Å². The number of amides is 1. The number of carbonyl (C=O) groups is 1. The monoisotopic (exact) mass is 709 g/mol. The molecule has 2 N–H and O–H groups in total. The van der Waals surface area contributed by atoms with Gasteiger partial charge in [0.1, 0.15) is 12.4 Å². The zero-order valence-corrected chi connectivity index (χ0v) is 30.1. The molecule has 0 spiro atoms. The Balaban J connectivity index is 1.57. The van der Waals surface area contributed by atoms with E-state index in [-0.39, 0.29) is 36.3 Å². The fourth-order valence-electron chi connectivity index (χ4n) is 7.22. The Morgan fingerprint density at radius 1 is 1.06 bits per heavy atom. The molecule has 13 heteroatoms. The summed E-state index contributed by atoms with van der Waals surface area (Å²) >= 11 is 6.32. The number of hydrogen-bond acceptors (Lipinski definition) is 8. The molecule has 0 saturated heterocycles. The Morgan fingerprint density at radius 2 is 1.83 bits per heavy atom. The minimum absolute atomic E-state index is 0.00783. The van der Waals surface area contributed by atoms with Crippen molar-refractivity contribution in [1.29, 1.82) is 0 Å². The topological polar surface area (TPSA) is 133 Å². The maximum Gasteiger partial charge on any atom is 0.264 e. The van der Waals surface area contributed by atoms with Crippen LogP contribution in [-0.2, 0) is 33.1 Å². The Labute approximate surface area is 284 Å². The van der Waals surface area contributed by atoms with Gasteiger partial charge in [0.25, 0.3) is 5.91 Å². The summed E-state index contributed by atoms with van der Waals surface area (Å²) < 4.78 is 62.9. The van der Waals surface area contributed by atoms with Crippen LogP contribution in [0.15, 0.2) is 36.4 Å². The lowest BCUT2D eigenvalue weighted by atomic mass is 9.63. The molecule has 2 bridgehead atoms. The second kappa shape index (κ2) is 14.2. The molecule has 10 nitrogen and oxygen atoms in total.